The first-order valence-corrected chi connectivity index (χ1v) is 0. The Morgan fingerprint density at radius 3 is 0.750 bits per heavy atom. The minimum absolute atomic E-state index is 0. The summed E-state index contributed by atoms with van der Waals surface area (Å²) >= 11 is 0. The van der Waals surface area contributed by atoms with Crippen LogP contribution in [0.4, 0.5) is 0 Å². The van der Waals surface area contributed by atoms with Crippen molar-refractivity contribution in [2.24, 2.45) is 0 Å². The molecule has 0 aliphatic rings. The third kappa shape index (κ3) is 8.99. The zero-order valence-corrected chi connectivity index (χ0v) is 11.4. The van der Waals surface area contributed by atoms with Crippen LogP contribution in [0.1, 0.15) is 0 Å². The average molecular weight is 249 g/mol. The first-order valence-electron chi connectivity index (χ1n) is 0. The summed E-state index contributed by atoms with van der Waals surface area (Å²) in [5.74, 6) is 0. The summed E-state index contributed by atoms with van der Waals surface area (Å²) in [4.78, 5) is 0. The fourth-order valence-corrected chi connectivity index (χ4v) is 0. The SMILES string of the molecule is [Cr+3].[Cs+].[S-2].[S-2]. The summed E-state index contributed by atoms with van der Waals surface area (Å²) in [7, 11) is 0. The Kier molecular flexibility index (Phi) is 108. The van der Waals surface area contributed by atoms with Crippen LogP contribution in [0.2, 0.25) is 0 Å². The molecule has 0 nitrogen and oxygen atoms in total. The fourth-order valence-electron chi connectivity index (χ4n) is 0. The first kappa shape index (κ1) is 26.7. The zero-order valence-electron chi connectivity index (χ0n) is 2.22. The predicted octanol–water partition coefficient (Wildman–Crippen LogP) is -3.00. The Morgan fingerprint density at radius 1 is 0.750 bits per heavy atom. The van der Waals surface area contributed by atoms with Crippen LogP contribution in [0.3, 0.4) is 0 Å². The van der Waals surface area contributed by atoms with Crippen molar-refractivity contribution in [2.45, 2.75) is 0 Å². The van der Waals surface area contributed by atoms with E-state index in [9.17, 15) is 0 Å². The van der Waals surface area contributed by atoms with Crippen molar-refractivity contribution in [3.8, 4) is 0 Å². The quantitative estimate of drug-likeness (QED) is 0.429. The molecule has 4 heavy (non-hydrogen) atoms. The van der Waals surface area contributed by atoms with Crippen molar-refractivity contribution in [2.75, 3.05) is 0 Å². The third-order valence-electron chi connectivity index (χ3n) is 0. The van der Waals surface area contributed by atoms with Crippen LogP contribution >= 0.6 is 0 Å². The van der Waals surface area contributed by atoms with Crippen LogP contribution in [0.15, 0.2) is 0 Å². The Morgan fingerprint density at radius 2 is 0.750 bits per heavy atom. The maximum Gasteiger partial charge on any atom is 3.00 e. The second kappa shape index (κ2) is 16.3. The molecular weight excluding hydrogens is 249 g/mol. The van der Waals surface area contributed by atoms with Crippen molar-refractivity contribution in [3.05, 3.63) is 0 Å². The van der Waals surface area contributed by atoms with Crippen molar-refractivity contribution in [3.63, 3.8) is 0 Å². The van der Waals surface area contributed by atoms with E-state index < -0.39 is 0 Å². The van der Waals surface area contributed by atoms with E-state index in [0.29, 0.717) is 0 Å². The molecule has 4 heteroatoms. The second-order valence-corrected chi connectivity index (χ2v) is 0. The van der Waals surface area contributed by atoms with E-state index in [0.717, 1.165) is 0 Å². The molecule has 0 bridgehead atoms. The van der Waals surface area contributed by atoms with Gasteiger partial charge >= 0.3 is 86.3 Å². The molecule has 0 saturated heterocycles. The summed E-state index contributed by atoms with van der Waals surface area (Å²) in [6.45, 7) is 0. The molecule has 0 saturated carbocycles. The van der Waals surface area contributed by atoms with Crippen molar-refractivity contribution < 1.29 is 86.3 Å². The molecule has 19 valence electrons. The summed E-state index contributed by atoms with van der Waals surface area (Å²) < 4.78 is 0. The first-order chi connectivity index (χ1) is 0. The summed E-state index contributed by atoms with van der Waals surface area (Å²) in [6, 6.07) is 0. The maximum atomic E-state index is 0. The van der Waals surface area contributed by atoms with Gasteiger partial charge in [-0.05, 0) is 0 Å². The fraction of sp³-hybridized carbons (Fsp3) is 0. The molecule has 0 aromatic carbocycles. The van der Waals surface area contributed by atoms with E-state index in [4.69, 9.17) is 0 Å². The molecule has 0 unspecified atom stereocenters. The molecule has 0 aliphatic carbocycles. The van der Waals surface area contributed by atoms with Gasteiger partial charge in [0.2, 0.25) is 0 Å². The smallest absolute Gasteiger partial charge is 2.00 e. The third-order valence-corrected chi connectivity index (χ3v) is 0. The van der Waals surface area contributed by atoms with Crippen LogP contribution in [-0.2, 0) is 44.4 Å². The Balaban J connectivity index is 0. The van der Waals surface area contributed by atoms with E-state index in [2.05, 4.69) is 0 Å². The van der Waals surface area contributed by atoms with Crippen LogP contribution < -0.4 is 68.9 Å². The van der Waals surface area contributed by atoms with E-state index in [-0.39, 0.29) is 113 Å². The number of hydrogen-bond acceptors (Lipinski definition) is 0. The Hall–Kier alpha value is 3.28. The van der Waals surface area contributed by atoms with Gasteiger partial charge in [0, 0.05) is 0 Å². The zero-order chi connectivity index (χ0) is 0. The van der Waals surface area contributed by atoms with E-state index >= 15 is 0 Å². The number of hydrogen-bond donors (Lipinski definition) is 0. The Bertz CT molecular complexity index is 6.00. The standard InChI is InChI=1S/Cr.Cs.2S/q+3;+1;2*-2. The second-order valence-electron chi connectivity index (χ2n) is 0. The molecule has 0 spiro atoms. The van der Waals surface area contributed by atoms with Gasteiger partial charge in [-0.2, -0.15) is 0 Å². The van der Waals surface area contributed by atoms with Gasteiger partial charge in [-0.15, -0.1) is 0 Å². The van der Waals surface area contributed by atoms with E-state index in [1.165, 1.54) is 0 Å². The van der Waals surface area contributed by atoms with Crippen molar-refractivity contribution in [1.29, 1.82) is 0 Å². The normalized spacial score (nSPS) is 0. The molecule has 1 radical (unpaired) electrons. The predicted molar refractivity (Wildman–Crippen MR) is 14.7 cm³/mol. The van der Waals surface area contributed by atoms with Gasteiger partial charge in [-0.25, -0.2) is 0 Å². The van der Waals surface area contributed by atoms with Gasteiger partial charge in [0.15, 0.2) is 0 Å². The van der Waals surface area contributed by atoms with Crippen LogP contribution in [0.5, 0.6) is 0 Å². The van der Waals surface area contributed by atoms with Crippen molar-refractivity contribution >= 4 is 27.0 Å². The maximum absolute atomic E-state index is 0. The molecule has 0 heterocycles. The van der Waals surface area contributed by atoms with Gasteiger partial charge in [0.05, 0.1) is 0 Å². The van der Waals surface area contributed by atoms with Gasteiger partial charge < -0.3 is 27.0 Å². The van der Waals surface area contributed by atoms with Gasteiger partial charge in [0.1, 0.15) is 0 Å². The minimum atomic E-state index is 0. The van der Waals surface area contributed by atoms with Crippen molar-refractivity contribution in [1.82, 2.24) is 0 Å². The van der Waals surface area contributed by atoms with Crippen LogP contribution in [-0.4, -0.2) is 0 Å². The van der Waals surface area contributed by atoms with Crippen LogP contribution in [0.25, 0.3) is 0 Å². The average Bonchev–Trinajstić information content (AvgIpc) is 0. The largest absolute Gasteiger partial charge is 3.00 e. The molecule has 0 atom stereocenters. The molecule has 0 aliphatic heterocycles. The van der Waals surface area contributed by atoms with E-state index in [1.807, 2.05) is 0 Å². The molecule has 0 aromatic rings. The van der Waals surface area contributed by atoms with Gasteiger partial charge in [-0.1, -0.05) is 0 Å². The summed E-state index contributed by atoms with van der Waals surface area (Å²) in [5.41, 5.74) is 0. The van der Waals surface area contributed by atoms with Gasteiger partial charge in [-0.3, -0.25) is 0 Å². The summed E-state index contributed by atoms with van der Waals surface area (Å²) in [5, 5.41) is 0. The minimum Gasteiger partial charge on any atom is -2.00 e. The van der Waals surface area contributed by atoms with Crippen LogP contribution in [0, 0.1) is 0 Å². The monoisotopic (exact) mass is 249 g/mol. The molecule has 0 fully saturated rings. The summed E-state index contributed by atoms with van der Waals surface area (Å²) in [6.07, 6.45) is 0. The molecule has 0 aromatic heterocycles. The molecular formula is CrCsS2. The van der Waals surface area contributed by atoms with E-state index in [1.54, 1.807) is 0 Å². The number of rotatable bonds is 0. The molecule has 0 N–H and O–H groups in total. The molecule has 0 amide bonds. The Labute approximate surface area is 110 Å². The molecule has 0 rings (SSSR count). The topological polar surface area (TPSA) is 0 Å². The van der Waals surface area contributed by atoms with Gasteiger partial charge in [0.25, 0.3) is 0 Å².